The lowest BCUT2D eigenvalue weighted by molar-refractivity contribution is 0.0849. The summed E-state index contributed by atoms with van der Waals surface area (Å²) in [5.74, 6) is 0.120. The summed E-state index contributed by atoms with van der Waals surface area (Å²) in [5, 5.41) is 5.31. The van der Waals surface area contributed by atoms with Gasteiger partial charge in [0, 0.05) is 41.6 Å². The molecule has 1 aliphatic carbocycles. The standard InChI is InChI=1S/C21H27N3OS/c1-3-15-5-6-16(22-11-15)12-24-10-7-17-18(14-26-19(17)13-24)20(25)23-21(2)8-4-9-21/h5-6,11,14H,3-4,7-10,12-13H2,1-2H3,(H,23,25). The molecule has 1 saturated carbocycles. The monoisotopic (exact) mass is 369 g/mol. The minimum atomic E-state index is 0.0168. The van der Waals surface area contributed by atoms with Crippen LogP contribution in [0.3, 0.4) is 0 Å². The van der Waals surface area contributed by atoms with Crippen molar-refractivity contribution in [2.75, 3.05) is 6.54 Å². The van der Waals surface area contributed by atoms with Gasteiger partial charge in [-0.15, -0.1) is 11.3 Å². The van der Waals surface area contributed by atoms with E-state index in [1.807, 2.05) is 6.20 Å². The van der Waals surface area contributed by atoms with Gasteiger partial charge in [-0.25, -0.2) is 0 Å². The van der Waals surface area contributed by atoms with Crippen molar-refractivity contribution in [2.24, 2.45) is 0 Å². The third-order valence-corrected chi connectivity index (χ3v) is 6.84. The van der Waals surface area contributed by atoms with Gasteiger partial charge in [-0.1, -0.05) is 13.0 Å². The Labute approximate surface area is 159 Å². The molecule has 1 amide bonds. The minimum absolute atomic E-state index is 0.0168. The zero-order valence-electron chi connectivity index (χ0n) is 15.7. The molecule has 138 valence electrons. The highest BCUT2D eigenvalue weighted by Gasteiger charge is 2.34. The molecule has 0 bridgehead atoms. The Morgan fingerprint density at radius 3 is 2.88 bits per heavy atom. The topological polar surface area (TPSA) is 45.2 Å². The fraction of sp³-hybridized carbons (Fsp3) is 0.524. The van der Waals surface area contributed by atoms with Gasteiger partial charge in [0.25, 0.3) is 5.91 Å². The Morgan fingerprint density at radius 2 is 2.23 bits per heavy atom. The summed E-state index contributed by atoms with van der Waals surface area (Å²) in [6, 6.07) is 4.31. The summed E-state index contributed by atoms with van der Waals surface area (Å²) in [4.78, 5) is 21.0. The van der Waals surface area contributed by atoms with Gasteiger partial charge in [-0.05, 0) is 56.2 Å². The molecule has 0 atom stereocenters. The molecule has 4 rings (SSSR count). The van der Waals surface area contributed by atoms with E-state index in [0.29, 0.717) is 0 Å². The van der Waals surface area contributed by atoms with Crippen LogP contribution in [0.2, 0.25) is 0 Å². The number of carbonyl (C=O) groups is 1. The minimum Gasteiger partial charge on any atom is -0.347 e. The molecule has 26 heavy (non-hydrogen) atoms. The second-order valence-corrected chi connectivity index (χ2v) is 8.86. The van der Waals surface area contributed by atoms with Crippen LogP contribution in [0, 0.1) is 0 Å². The van der Waals surface area contributed by atoms with Crippen molar-refractivity contribution in [3.63, 3.8) is 0 Å². The van der Waals surface area contributed by atoms with Crippen molar-refractivity contribution in [1.82, 2.24) is 15.2 Å². The molecule has 3 heterocycles. The number of carbonyl (C=O) groups excluding carboxylic acids is 1. The molecule has 4 nitrogen and oxygen atoms in total. The van der Waals surface area contributed by atoms with Crippen molar-refractivity contribution >= 4 is 17.2 Å². The summed E-state index contributed by atoms with van der Waals surface area (Å²) in [5.41, 5.74) is 4.59. The highest BCUT2D eigenvalue weighted by atomic mass is 32.1. The average Bonchev–Trinajstić information content (AvgIpc) is 3.04. The molecule has 0 aromatic carbocycles. The van der Waals surface area contributed by atoms with Gasteiger partial charge >= 0.3 is 0 Å². The normalized spacial score (nSPS) is 18.8. The number of thiophene rings is 1. The second-order valence-electron chi connectivity index (χ2n) is 7.89. The van der Waals surface area contributed by atoms with E-state index in [0.717, 1.165) is 56.6 Å². The van der Waals surface area contributed by atoms with Crippen molar-refractivity contribution in [3.05, 3.63) is 51.0 Å². The highest BCUT2D eigenvalue weighted by molar-refractivity contribution is 7.10. The van der Waals surface area contributed by atoms with Crippen LogP contribution < -0.4 is 5.32 Å². The Morgan fingerprint density at radius 1 is 1.38 bits per heavy atom. The molecule has 2 aromatic heterocycles. The molecule has 2 aliphatic rings. The Bertz CT molecular complexity index is 792. The number of rotatable bonds is 5. The summed E-state index contributed by atoms with van der Waals surface area (Å²) in [6.45, 7) is 7.09. The van der Waals surface area contributed by atoms with Gasteiger partial charge in [0.2, 0.25) is 0 Å². The number of fused-ring (bicyclic) bond motifs is 1. The van der Waals surface area contributed by atoms with Gasteiger partial charge in [0.05, 0.1) is 11.3 Å². The lowest BCUT2D eigenvalue weighted by Crippen LogP contribution is -2.51. The molecular weight excluding hydrogens is 342 g/mol. The van der Waals surface area contributed by atoms with Crippen LogP contribution >= 0.6 is 11.3 Å². The number of aryl methyl sites for hydroxylation is 1. The SMILES string of the molecule is CCc1ccc(CN2CCc3c(C(=O)NC4(C)CCC4)csc3C2)nc1. The molecule has 0 radical (unpaired) electrons. The summed E-state index contributed by atoms with van der Waals surface area (Å²) in [6.07, 6.45) is 7.39. The Kier molecular flexibility index (Phi) is 4.84. The van der Waals surface area contributed by atoms with Gasteiger partial charge in [-0.3, -0.25) is 14.7 Å². The summed E-state index contributed by atoms with van der Waals surface area (Å²) < 4.78 is 0. The van der Waals surface area contributed by atoms with E-state index in [2.05, 4.69) is 46.6 Å². The predicted octanol–water partition coefficient (Wildman–Crippen LogP) is 3.94. The van der Waals surface area contributed by atoms with E-state index < -0.39 is 0 Å². The molecule has 1 aliphatic heterocycles. The van der Waals surface area contributed by atoms with E-state index in [-0.39, 0.29) is 11.4 Å². The van der Waals surface area contributed by atoms with Crippen molar-refractivity contribution in [3.8, 4) is 0 Å². The van der Waals surface area contributed by atoms with Crippen LogP contribution in [0.4, 0.5) is 0 Å². The Balaban J connectivity index is 1.41. The largest absolute Gasteiger partial charge is 0.347 e. The third-order valence-electron chi connectivity index (χ3n) is 5.82. The third kappa shape index (κ3) is 3.55. The molecule has 0 spiro atoms. The summed E-state index contributed by atoms with van der Waals surface area (Å²) >= 11 is 1.73. The first-order valence-electron chi connectivity index (χ1n) is 9.64. The lowest BCUT2D eigenvalue weighted by atomic mass is 9.78. The maximum atomic E-state index is 12.7. The molecular formula is C21H27N3OS. The Hall–Kier alpha value is -1.72. The number of hydrogen-bond acceptors (Lipinski definition) is 4. The van der Waals surface area contributed by atoms with Crippen LogP contribution in [-0.2, 0) is 25.9 Å². The van der Waals surface area contributed by atoms with Crippen LogP contribution in [0.5, 0.6) is 0 Å². The first kappa shape index (κ1) is 17.7. The number of hydrogen-bond donors (Lipinski definition) is 1. The molecule has 0 unspecified atom stereocenters. The fourth-order valence-corrected chi connectivity index (χ4v) is 4.99. The van der Waals surface area contributed by atoms with Gasteiger partial charge in [0.15, 0.2) is 0 Å². The first-order valence-corrected chi connectivity index (χ1v) is 10.5. The van der Waals surface area contributed by atoms with Gasteiger partial charge < -0.3 is 5.32 Å². The van der Waals surface area contributed by atoms with Crippen molar-refractivity contribution in [2.45, 2.75) is 64.6 Å². The van der Waals surface area contributed by atoms with Crippen LogP contribution in [0.25, 0.3) is 0 Å². The van der Waals surface area contributed by atoms with Crippen molar-refractivity contribution in [1.29, 1.82) is 0 Å². The zero-order chi connectivity index (χ0) is 18.1. The second kappa shape index (κ2) is 7.12. The molecule has 1 fully saturated rings. The van der Waals surface area contributed by atoms with E-state index in [1.54, 1.807) is 11.3 Å². The highest BCUT2D eigenvalue weighted by Crippen LogP contribution is 2.33. The number of nitrogens with zero attached hydrogens (tertiary/aromatic N) is 2. The van der Waals surface area contributed by atoms with Gasteiger partial charge in [-0.2, -0.15) is 0 Å². The molecule has 1 N–H and O–H groups in total. The van der Waals surface area contributed by atoms with E-state index in [1.165, 1.54) is 22.4 Å². The number of amides is 1. The van der Waals surface area contributed by atoms with E-state index >= 15 is 0 Å². The zero-order valence-corrected chi connectivity index (χ0v) is 16.5. The lowest BCUT2D eigenvalue weighted by Gasteiger charge is -2.39. The van der Waals surface area contributed by atoms with Crippen LogP contribution in [0.15, 0.2) is 23.7 Å². The quantitative estimate of drug-likeness (QED) is 0.868. The van der Waals surface area contributed by atoms with Crippen LogP contribution in [-0.4, -0.2) is 27.9 Å². The summed E-state index contributed by atoms with van der Waals surface area (Å²) in [7, 11) is 0. The first-order chi connectivity index (χ1) is 12.6. The maximum absolute atomic E-state index is 12.7. The van der Waals surface area contributed by atoms with Crippen LogP contribution in [0.1, 0.15) is 65.2 Å². The molecule has 2 aromatic rings. The van der Waals surface area contributed by atoms with E-state index in [4.69, 9.17) is 0 Å². The number of aromatic nitrogens is 1. The smallest absolute Gasteiger partial charge is 0.252 e. The number of pyridine rings is 1. The molecule has 0 saturated heterocycles. The van der Waals surface area contributed by atoms with Gasteiger partial charge in [0.1, 0.15) is 0 Å². The predicted molar refractivity (Wildman–Crippen MR) is 105 cm³/mol. The average molecular weight is 370 g/mol. The van der Waals surface area contributed by atoms with E-state index in [9.17, 15) is 4.79 Å². The maximum Gasteiger partial charge on any atom is 0.252 e. The fourth-order valence-electron chi connectivity index (χ4n) is 3.87. The van der Waals surface area contributed by atoms with Crippen molar-refractivity contribution < 1.29 is 4.79 Å². The number of nitrogens with one attached hydrogen (secondary N) is 1. The molecule has 5 heteroatoms.